The summed E-state index contributed by atoms with van der Waals surface area (Å²) in [5.74, 6) is -2.28. The van der Waals surface area contributed by atoms with Gasteiger partial charge < -0.3 is 20.7 Å². The van der Waals surface area contributed by atoms with Crippen LogP contribution in [0.3, 0.4) is 0 Å². The van der Waals surface area contributed by atoms with Crippen LogP contribution in [-0.2, 0) is 16.0 Å². The summed E-state index contributed by atoms with van der Waals surface area (Å²) in [5, 5.41) is 17.7. The number of aliphatic carboxylic acids is 2. The Labute approximate surface area is 130 Å². The first-order valence-corrected chi connectivity index (χ1v) is 6.65. The molecule has 1 aromatic rings. The van der Waals surface area contributed by atoms with Gasteiger partial charge in [0.2, 0.25) is 0 Å². The number of hydrogen-bond acceptors (Lipinski definition) is 3. The van der Waals surface area contributed by atoms with E-state index in [0.29, 0.717) is 11.1 Å². The van der Waals surface area contributed by atoms with Gasteiger partial charge in [0.05, 0.1) is 0 Å². The number of carbonyl (C=O) groups excluding carboxylic acids is 1. The number of benzene rings is 1. The van der Waals surface area contributed by atoms with Gasteiger partial charge >= 0.3 is 12.1 Å². The fraction of sp³-hybridized carbons (Fsp3) is 0.333. The highest BCUT2D eigenvalue weighted by atomic mass is 19.3. The lowest BCUT2D eigenvalue weighted by Gasteiger charge is -2.12. The van der Waals surface area contributed by atoms with E-state index in [-0.39, 0.29) is 18.4 Å². The van der Waals surface area contributed by atoms with Crippen LogP contribution in [0.5, 0.6) is 0 Å². The monoisotopic (exact) mass is 330 g/mol. The molecular weight excluding hydrogens is 314 g/mol. The summed E-state index contributed by atoms with van der Waals surface area (Å²) in [6, 6.07) is 5.47. The maximum absolute atomic E-state index is 13.0. The summed E-state index contributed by atoms with van der Waals surface area (Å²) < 4.78 is 39.0. The van der Waals surface area contributed by atoms with Crippen molar-refractivity contribution in [3.8, 4) is 0 Å². The topological polar surface area (TPSA) is 105 Å². The van der Waals surface area contributed by atoms with E-state index in [1.807, 2.05) is 0 Å². The number of allylic oxidation sites excluding steroid dienone is 1. The minimum absolute atomic E-state index is 0.0606. The highest BCUT2D eigenvalue weighted by molar-refractivity contribution is 5.81. The average Bonchev–Trinajstić information content (AvgIpc) is 2.77. The van der Waals surface area contributed by atoms with Crippen LogP contribution in [0.1, 0.15) is 24.5 Å². The van der Waals surface area contributed by atoms with Crippen molar-refractivity contribution in [3.05, 3.63) is 41.0 Å². The molecule has 0 aromatic heterocycles. The predicted molar refractivity (Wildman–Crippen MR) is 72.7 cm³/mol. The standard InChI is InChI=1S/C13H12F3NO2.C2H4O2/c14-13(15,16)10-5-7-3-1-2-4-8(7)9(10)6-11(17)12(18)19;1-2(3)4/h1-4,11H,5-6,17H2,(H,18,19);1H3,(H,3,4)/t11-;/m0./s1/i14-1;. The summed E-state index contributed by atoms with van der Waals surface area (Å²) in [7, 11) is 0. The molecule has 0 aliphatic heterocycles. The number of fused-ring (bicyclic) bond motifs is 1. The summed E-state index contributed by atoms with van der Waals surface area (Å²) >= 11 is 0. The molecule has 0 fully saturated rings. The number of quaternary nitrogens is 1. The number of carboxylic acids is 2. The van der Waals surface area contributed by atoms with Crippen LogP contribution in [0.15, 0.2) is 29.8 Å². The molecule has 1 atom stereocenters. The minimum atomic E-state index is -4.44. The average molecular weight is 330 g/mol. The summed E-state index contributed by atoms with van der Waals surface area (Å²) in [4.78, 5) is 19.7. The van der Waals surface area contributed by atoms with Crippen LogP contribution in [0.4, 0.5) is 13.2 Å². The van der Waals surface area contributed by atoms with E-state index in [0.717, 1.165) is 6.92 Å². The van der Waals surface area contributed by atoms with Crippen molar-refractivity contribution >= 4 is 17.5 Å². The van der Waals surface area contributed by atoms with E-state index in [4.69, 9.17) is 15.0 Å². The normalized spacial score (nSPS) is 14.7. The molecule has 1 aromatic carbocycles. The Kier molecular flexibility index (Phi) is 5.91. The van der Waals surface area contributed by atoms with Crippen molar-refractivity contribution in [1.82, 2.24) is 0 Å². The second-order valence-electron chi connectivity index (χ2n) is 5.02. The summed E-state index contributed by atoms with van der Waals surface area (Å²) in [6.45, 7) is 0.972. The molecule has 5 nitrogen and oxygen atoms in total. The van der Waals surface area contributed by atoms with E-state index in [1.165, 1.54) is 0 Å². The third-order valence-corrected chi connectivity index (χ3v) is 3.22. The predicted octanol–water partition coefficient (Wildman–Crippen LogP) is 0.400. The number of halogens is 3. The molecule has 0 spiro atoms. The Hall–Kier alpha value is -2.35. The number of carbonyl (C=O) groups is 2. The Bertz CT molecular complexity index is 634. The van der Waals surface area contributed by atoms with Gasteiger partial charge in [0.15, 0.2) is 6.04 Å². The van der Waals surface area contributed by atoms with E-state index in [9.17, 15) is 18.0 Å². The van der Waals surface area contributed by atoms with Gasteiger partial charge in [0.1, 0.15) is 0 Å². The molecule has 0 bridgehead atoms. The van der Waals surface area contributed by atoms with Crippen molar-refractivity contribution in [2.24, 2.45) is 0 Å². The van der Waals surface area contributed by atoms with Gasteiger partial charge in [-0.1, -0.05) is 24.3 Å². The van der Waals surface area contributed by atoms with Crippen molar-refractivity contribution in [2.45, 2.75) is 32.0 Å². The zero-order valence-corrected chi connectivity index (χ0v) is 12.3. The van der Waals surface area contributed by atoms with Gasteiger partial charge in [0.25, 0.3) is 0 Å². The lowest BCUT2D eigenvalue weighted by atomic mass is 9.98. The molecule has 23 heavy (non-hydrogen) atoms. The minimum Gasteiger partial charge on any atom is -0.550 e. The van der Waals surface area contributed by atoms with Crippen LogP contribution in [-0.4, -0.2) is 29.3 Å². The van der Waals surface area contributed by atoms with E-state index in [1.54, 1.807) is 24.3 Å². The zero-order valence-electron chi connectivity index (χ0n) is 12.3. The fourth-order valence-electron chi connectivity index (χ4n) is 2.27. The molecule has 0 unspecified atom stereocenters. The van der Waals surface area contributed by atoms with Crippen molar-refractivity contribution < 1.29 is 38.7 Å². The quantitative estimate of drug-likeness (QED) is 0.837. The van der Waals surface area contributed by atoms with Gasteiger partial charge in [-0.2, -0.15) is 13.2 Å². The van der Waals surface area contributed by atoms with Gasteiger partial charge in [-0.3, -0.25) is 0 Å². The molecule has 0 saturated heterocycles. The fourth-order valence-corrected chi connectivity index (χ4v) is 2.27. The van der Waals surface area contributed by atoms with Crippen LogP contribution >= 0.6 is 0 Å². The third-order valence-electron chi connectivity index (χ3n) is 3.22. The molecule has 0 saturated carbocycles. The highest BCUT2D eigenvalue weighted by Crippen LogP contribution is 2.43. The van der Waals surface area contributed by atoms with Gasteiger partial charge in [-0.25, -0.2) is 4.79 Å². The molecule has 1 aliphatic carbocycles. The number of carboxylic acid groups (broad SMARTS) is 2. The first kappa shape index (κ1) is 18.7. The first-order chi connectivity index (χ1) is 10.5. The largest absolute Gasteiger partial charge is 0.550 e. The van der Waals surface area contributed by atoms with Crippen LogP contribution in [0.2, 0.25) is 0 Å². The third kappa shape index (κ3) is 5.10. The molecule has 4 N–H and O–H groups in total. The lowest BCUT2D eigenvalue weighted by molar-refractivity contribution is -0.405. The Balaban J connectivity index is 0.000000593. The molecular formula is C15H16F3NO4. The molecule has 8 heteroatoms. The lowest BCUT2D eigenvalue weighted by Crippen LogP contribution is -2.64. The molecule has 0 heterocycles. The van der Waals surface area contributed by atoms with Crippen molar-refractivity contribution in [2.75, 3.05) is 0 Å². The second-order valence-corrected chi connectivity index (χ2v) is 5.02. The summed E-state index contributed by atoms with van der Waals surface area (Å²) in [5.41, 5.74) is 3.88. The maximum atomic E-state index is 13.0. The van der Waals surface area contributed by atoms with Crippen molar-refractivity contribution in [1.29, 1.82) is 0 Å². The molecule has 0 radical (unpaired) electrons. The summed E-state index contributed by atoms with van der Waals surface area (Å²) in [6.07, 6.45) is -4.84. The maximum Gasteiger partial charge on any atom is 0.413 e. The molecule has 126 valence electrons. The molecule has 1 aliphatic rings. The molecule has 2 rings (SSSR count). The number of alkyl halides is 3. The van der Waals surface area contributed by atoms with Crippen molar-refractivity contribution in [3.63, 3.8) is 0 Å². The Morgan fingerprint density at radius 3 is 2.35 bits per heavy atom. The Morgan fingerprint density at radius 2 is 1.87 bits per heavy atom. The van der Waals surface area contributed by atoms with Gasteiger partial charge in [-0.05, 0) is 23.6 Å². The highest BCUT2D eigenvalue weighted by Gasteiger charge is 2.41. The number of hydrogen-bond donors (Lipinski definition) is 2. The van der Waals surface area contributed by atoms with Gasteiger partial charge in [0, 0.05) is 24.4 Å². The first-order valence-electron chi connectivity index (χ1n) is 6.65. The zero-order chi connectivity index (χ0) is 17.8. The second kappa shape index (κ2) is 7.28. The van der Waals surface area contributed by atoms with Crippen LogP contribution in [0.25, 0.3) is 5.57 Å². The van der Waals surface area contributed by atoms with Crippen LogP contribution < -0.4 is 10.8 Å². The van der Waals surface area contributed by atoms with Gasteiger partial charge in [-0.15, -0.1) is 0 Å². The van der Waals surface area contributed by atoms with E-state index < -0.39 is 29.7 Å². The Morgan fingerprint density at radius 1 is 1.35 bits per heavy atom. The number of rotatable bonds is 3. The SMILES string of the molecule is CC(=O)[O-].[NH3+][C@@H](CC1=C(C(F)(F)[18F])Cc2ccccc21)C(=O)O. The van der Waals surface area contributed by atoms with E-state index in [2.05, 4.69) is 5.73 Å². The van der Waals surface area contributed by atoms with Crippen LogP contribution in [0, 0.1) is 0 Å². The smallest absolute Gasteiger partial charge is 0.413 e. The van der Waals surface area contributed by atoms with E-state index >= 15 is 0 Å². The molecule has 0 amide bonds.